The fourth-order valence-electron chi connectivity index (χ4n) is 1.39. The summed E-state index contributed by atoms with van der Waals surface area (Å²) in [4.78, 5) is 11.5. The Hall–Kier alpha value is -1.10. The monoisotopic (exact) mass is 226 g/mol. The number of aromatic nitrogens is 3. The van der Waals surface area contributed by atoms with Crippen molar-refractivity contribution < 1.29 is 0 Å². The van der Waals surface area contributed by atoms with Crippen LogP contribution in [0.25, 0.3) is 0 Å². The zero-order valence-electron chi connectivity index (χ0n) is 10.8. The topological polar surface area (TPSA) is 51.9 Å². The molecule has 1 aromatic rings. The van der Waals surface area contributed by atoms with E-state index >= 15 is 0 Å². The summed E-state index contributed by atoms with van der Waals surface area (Å²) in [5.74, 6) is 0.381. The van der Waals surface area contributed by atoms with Gasteiger partial charge in [0, 0.05) is 12.6 Å². The van der Waals surface area contributed by atoms with Crippen LogP contribution >= 0.6 is 0 Å². The molecule has 16 heavy (non-hydrogen) atoms. The number of hydrogen-bond donors (Lipinski definition) is 1. The van der Waals surface area contributed by atoms with Crippen LogP contribution in [0.1, 0.15) is 27.7 Å². The Kier molecular flexibility index (Phi) is 3.91. The van der Waals surface area contributed by atoms with Crippen LogP contribution in [0.4, 0.5) is 0 Å². The van der Waals surface area contributed by atoms with E-state index in [0.29, 0.717) is 12.5 Å². The minimum absolute atomic E-state index is 0.0531. The highest BCUT2D eigenvalue weighted by Gasteiger charge is 2.12. The van der Waals surface area contributed by atoms with Crippen molar-refractivity contribution in [1.29, 1.82) is 0 Å². The van der Waals surface area contributed by atoms with Crippen molar-refractivity contribution in [3.05, 3.63) is 16.8 Å². The number of hydrogen-bond acceptors (Lipinski definition) is 3. The molecule has 0 aliphatic heterocycles. The van der Waals surface area contributed by atoms with Gasteiger partial charge in [0.25, 0.3) is 0 Å². The summed E-state index contributed by atoms with van der Waals surface area (Å²) in [6.45, 7) is 10.0. The predicted octanol–water partition coefficient (Wildman–Crippen LogP) is 0.606. The zero-order valence-corrected chi connectivity index (χ0v) is 10.8. The number of aryl methyl sites for hydroxylation is 1. The lowest BCUT2D eigenvalue weighted by Crippen LogP contribution is -2.40. The van der Waals surface area contributed by atoms with Crippen LogP contribution in [-0.2, 0) is 13.6 Å². The highest BCUT2D eigenvalue weighted by molar-refractivity contribution is 4.73. The van der Waals surface area contributed by atoms with Crippen LogP contribution in [0.3, 0.4) is 0 Å². The van der Waals surface area contributed by atoms with Crippen LogP contribution in [0.2, 0.25) is 0 Å². The molecule has 92 valence electrons. The molecule has 0 fully saturated rings. The summed E-state index contributed by atoms with van der Waals surface area (Å²) >= 11 is 0. The maximum Gasteiger partial charge on any atom is 0.345 e. The average molecular weight is 226 g/mol. The number of nitrogens with one attached hydrogen (secondary N) is 1. The van der Waals surface area contributed by atoms with Gasteiger partial charge in [-0.1, -0.05) is 6.92 Å². The molecule has 0 aliphatic carbocycles. The van der Waals surface area contributed by atoms with E-state index in [1.807, 2.05) is 0 Å². The normalized spacial score (nSPS) is 14.1. The molecule has 1 atom stereocenters. The van der Waals surface area contributed by atoms with E-state index in [2.05, 4.69) is 38.1 Å². The van der Waals surface area contributed by atoms with Gasteiger partial charge >= 0.3 is 5.69 Å². The molecule has 0 amide bonds. The van der Waals surface area contributed by atoms with Gasteiger partial charge in [-0.05, 0) is 33.2 Å². The predicted molar refractivity (Wildman–Crippen MR) is 64.4 cm³/mol. The Labute approximate surface area is 96.5 Å². The van der Waals surface area contributed by atoms with Crippen LogP contribution in [0.15, 0.2) is 11.1 Å². The van der Waals surface area contributed by atoms with E-state index in [1.165, 1.54) is 9.25 Å². The van der Waals surface area contributed by atoms with Crippen LogP contribution in [0.5, 0.6) is 0 Å². The SMILES string of the molecule is CC(CNC(C)(C)C)Cn1ncn(C)c1=O. The lowest BCUT2D eigenvalue weighted by Gasteiger charge is -2.23. The van der Waals surface area contributed by atoms with E-state index in [0.717, 1.165) is 6.54 Å². The molecule has 1 N–H and O–H groups in total. The molecule has 1 unspecified atom stereocenters. The number of rotatable bonds is 4. The second-order valence-corrected chi connectivity index (χ2v) is 5.44. The molecule has 0 spiro atoms. The van der Waals surface area contributed by atoms with Crippen molar-refractivity contribution in [2.45, 2.75) is 39.8 Å². The number of nitrogens with zero attached hydrogens (tertiary/aromatic N) is 3. The van der Waals surface area contributed by atoms with Crippen LogP contribution in [0, 0.1) is 5.92 Å². The minimum Gasteiger partial charge on any atom is -0.312 e. The smallest absolute Gasteiger partial charge is 0.312 e. The maximum absolute atomic E-state index is 11.5. The Morgan fingerprint density at radius 2 is 2.12 bits per heavy atom. The minimum atomic E-state index is -0.0531. The Bertz CT molecular complexity index is 385. The molecule has 1 rings (SSSR count). The zero-order chi connectivity index (χ0) is 12.3. The first-order valence-electron chi connectivity index (χ1n) is 5.63. The quantitative estimate of drug-likeness (QED) is 0.818. The van der Waals surface area contributed by atoms with Gasteiger partial charge in [0.15, 0.2) is 0 Å². The fraction of sp³-hybridized carbons (Fsp3) is 0.818. The van der Waals surface area contributed by atoms with Gasteiger partial charge in [-0.15, -0.1) is 0 Å². The van der Waals surface area contributed by atoms with E-state index in [-0.39, 0.29) is 11.2 Å². The molecule has 0 aromatic carbocycles. The van der Waals surface area contributed by atoms with E-state index in [1.54, 1.807) is 13.4 Å². The molecule has 1 heterocycles. The lowest BCUT2D eigenvalue weighted by molar-refractivity contribution is 0.348. The van der Waals surface area contributed by atoms with E-state index < -0.39 is 0 Å². The average Bonchev–Trinajstić information content (AvgIpc) is 2.46. The molecular weight excluding hydrogens is 204 g/mol. The summed E-state index contributed by atoms with van der Waals surface area (Å²) in [5.41, 5.74) is 0.0613. The van der Waals surface area contributed by atoms with Gasteiger partial charge in [-0.25, -0.2) is 9.48 Å². The van der Waals surface area contributed by atoms with Crippen LogP contribution in [-0.4, -0.2) is 26.4 Å². The van der Waals surface area contributed by atoms with Crippen molar-refractivity contribution in [2.24, 2.45) is 13.0 Å². The first-order chi connectivity index (χ1) is 7.29. The Morgan fingerprint density at radius 3 is 2.56 bits per heavy atom. The molecule has 0 radical (unpaired) electrons. The van der Waals surface area contributed by atoms with Gasteiger partial charge in [0.2, 0.25) is 0 Å². The van der Waals surface area contributed by atoms with Crippen molar-refractivity contribution >= 4 is 0 Å². The molecule has 0 bridgehead atoms. The molecule has 1 aromatic heterocycles. The van der Waals surface area contributed by atoms with Gasteiger partial charge in [-0.2, -0.15) is 5.10 Å². The van der Waals surface area contributed by atoms with Gasteiger partial charge in [0.05, 0.1) is 6.54 Å². The summed E-state index contributed by atoms with van der Waals surface area (Å²) in [7, 11) is 1.71. The van der Waals surface area contributed by atoms with Crippen LogP contribution < -0.4 is 11.0 Å². The van der Waals surface area contributed by atoms with Crippen molar-refractivity contribution in [1.82, 2.24) is 19.7 Å². The third kappa shape index (κ3) is 3.81. The molecule has 5 heteroatoms. The first-order valence-corrected chi connectivity index (χ1v) is 5.63. The van der Waals surface area contributed by atoms with Gasteiger partial charge in [0.1, 0.15) is 6.33 Å². The van der Waals surface area contributed by atoms with Gasteiger partial charge < -0.3 is 5.32 Å². The Balaban J connectivity index is 2.49. The third-order valence-corrected chi connectivity index (χ3v) is 2.35. The lowest BCUT2D eigenvalue weighted by atomic mass is 10.1. The summed E-state index contributed by atoms with van der Waals surface area (Å²) in [6, 6.07) is 0. The van der Waals surface area contributed by atoms with Crippen molar-refractivity contribution in [3.63, 3.8) is 0 Å². The molecule has 0 saturated heterocycles. The highest BCUT2D eigenvalue weighted by Crippen LogP contribution is 2.02. The second-order valence-electron chi connectivity index (χ2n) is 5.44. The van der Waals surface area contributed by atoms with Crippen molar-refractivity contribution in [2.75, 3.05) is 6.54 Å². The molecule has 0 aliphatic rings. The second kappa shape index (κ2) is 4.82. The summed E-state index contributed by atoms with van der Waals surface area (Å²) < 4.78 is 3.00. The highest BCUT2D eigenvalue weighted by atomic mass is 16.2. The van der Waals surface area contributed by atoms with Gasteiger partial charge in [-0.3, -0.25) is 4.57 Å². The standard InChI is InChI=1S/C11H22N4O/c1-9(6-12-11(2,3)4)7-15-10(16)14(5)8-13-15/h8-9,12H,6-7H2,1-5H3. The van der Waals surface area contributed by atoms with E-state index in [4.69, 9.17) is 0 Å². The first kappa shape index (κ1) is 13.0. The molecule has 0 saturated carbocycles. The summed E-state index contributed by atoms with van der Waals surface area (Å²) in [6.07, 6.45) is 1.55. The largest absolute Gasteiger partial charge is 0.345 e. The summed E-state index contributed by atoms with van der Waals surface area (Å²) in [5, 5.41) is 7.46. The Morgan fingerprint density at radius 1 is 1.50 bits per heavy atom. The van der Waals surface area contributed by atoms with Crippen molar-refractivity contribution in [3.8, 4) is 0 Å². The maximum atomic E-state index is 11.5. The fourth-order valence-corrected chi connectivity index (χ4v) is 1.39. The third-order valence-electron chi connectivity index (χ3n) is 2.35. The molecular formula is C11H22N4O. The molecule has 5 nitrogen and oxygen atoms in total. The van der Waals surface area contributed by atoms with E-state index in [9.17, 15) is 4.79 Å².